The molecule has 0 saturated heterocycles. The Morgan fingerprint density at radius 3 is 2.52 bits per heavy atom. The molecule has 0 fully saturated rings. The van der Waals surface area contributed by atoms with Crippen molar-refractivity contribution in [2.24, 2.45) is 5.10 Å². The largest absolute Gasteiger partial charge is 0.460 e. The first-order chi connectivity index (χ1) is 14.9. The highest BCUT2D eigenvalue weighted by molar-refractivity contribution is 7.19. The van der Waals surface area contributed by atoms with Crippen LogP contribution in [0, 0.1) is 30.9 Å². The Morgan fingerprint density at radius 2 is 1.87 bits per heavy atom. The van der Waals surface area contributed by atoms with E-state index in [0.717, 1.165) is 33.0 Å². The van der Waals surface area contributed by atoms with Crippen molar-refractivity contribution in [1.82, 2.24) is 4.98 Å². The van der Waals surface area contributed by atoms with Crippen LogP contribution in [0.25, 0.3) is 21.7 Å². The SMILES string of the molecule is Cc1ccc(-c2nc(N/N=C\c3ccc(C)o3)sc2-c2ccc([N+](=O)[O-])cc2)c(C)c1. The molecule has 4 rings (SSSR count). The van der Waals surface area contributed by atoms with Gasteiger partial charge in [0.05, 0.1) is 21.7 Å². The van der Waals surface area contributed by atoms with Gasteiger partial charge >= 0.3 is 0 Å². The summed E-state index contributed by atoms with van der Waals surface area (Å²) in [5.74, 6) is 1.46. The van der Waals surface area contributed by atoms with Gasteiger partial charge in [0.1, 0.15) is 11.5 Å². The van der Waals surface area contributed by atoms with E-state index in [0.29, 0.717) is 10.9 Å². The minimum atomic E-state index is -0.403. The lowest BCUT2D eigenvalue weighted by Crippen LogP contribution is -1.91. The molecule has 1 N–H and O–H groups in total. The first-order valence-corrected chi connectivity index (χ1v) is 10.4. The van der Waals surface area contributed by atoms with Gasteiger partial charge in [-0.3, -0.25) is 15.5 Å². The summed E-state index contributed by atoms with van der Waals surface area (Å²) in [6, 6.07) is 16.4. The first kappa shape index (κ1) is 20.5. The van der Waals surface area contributed by atoms with Gasteiger partial charge in [0.15, 0.2) is 0 Å². The molecule has 0 atom stereocenters. The number of nitro benzene ring substituents is 1. The molecule has 0 aliphatic carbocycles. The smallest absolute Gasteiger partial charge is 0.269 e. The van der Waals surface area contributed by atoms with Gasteiger partial charge in [-0.25, -0.2) is 4.98 Å². The van der Waals surface area contributed by atoms with Crippen molar-refractivity contribution >= 4 is 28.4 Å². The minimum Gasteiger partial charge on any atom is -0.460 e. The standard InChI is InChI=1S/C23H20N4O3S/c1-14-4-11-20(15(2)12-14)21-22(17-6-8-18(9-7-17)27(28)29)31-23(25-21)26-24-13-19-10-5-16(3)30-19/h4-13H,1-3H3,(H,25,26)/b24-13-. The van der Waals surface area contributed by atoms with Gasteiger partial charge in [0.25, 0.3) is 5.69 Å². The Morgan fingerprint density at radius 1 is 1.10 bits per heavy atom. The summed E-state index contributed by atoms with van der Waals surface area (Å²) in [6.07, 6.45) is 1.59. The van der Waals surface area contributed by atoms with Crippen molar-refractivity contribution in [2.45, 2.75) is 20.8 Å². The molecule has 31 heavy (non-hydrogen) atoms. The maximum absolute atomic E-state index is 11.0. The monoisotopic (exact) mass is 432 g/mol. The number of aryl methyl sites for hydroxylation is 3. The zero-order chi connectivity index (χ0) is 22.0. The van der Waals surface area contributed by atoms with Crippen molar-refractivity contribution in [3.05, 3.63) is 87.4 Å². The van der Waals surface area contributed by atoms with Crippen LogP contribution in [0.4, 0.5) is 10.8 Å². The average molecular weight is 433 g/mol. The predicted octanol–water partition coefficient (Wildman–Crippen LogP) is 6.35. The van der Waals surface area contributed by atoms with E-state index in [9.17, 15) is 10.1 Å². The molecular formula is C23H20N4O3S. The summed E-state index contributed by atoms with van der Waals surface area (Å²) in [6.45, 7) is 5.97. The third-order valence-electron chi connectivity index (χ3n) is 4.72. The number of benzene rings is 2. The number of rotatable bonds is 6. The Hall–Kier alpha value is -3.78. The molecule has 0 aliphatic rings. The number of nitrogens with zero attached hydrogens (tertiary/aromatic N) is 3. The summed E-state index contributed by atoms with van der Waals surface area (Å²) in [5.41, 5.74) is 7.98. The number of hydrogen-bond donors (Lipinski definition) is 1. The molecule has 7 nitrogen and oxygen atoms in total. The van der Waals surface area contributed by atoms with Gasteiger partial charge in [-0.15, -0.1) is 0 Å². The Balaban J connectivity index is 1.72. The van der Waals surface area contributed by atoms with Crippen molar-refractivity contribution < 1.29 is 9.34 Å². The third kappa shape index (κ3) is 4.54. The van der Waals surface area contributed by atoms with Gasteiger partial charge < -0.3 is 4.42 Å². The van der Waals surface area contributed by atoms with E-state index < -0.39 is 4.92 Å². The van der Waals surface area contributed by atoms with Crippen LogP contribution >= 0.6 is 11.3 Å². The van der Waals surface area contributed by atoms with E-state index in [-0.39, 0.29) is 5.69 Å². The van der Waals surface area contributed by atoms with Gasteiger partial charge in [-0.1, -0.05) is 35.1 Å². The molecule has 2 heterocycles. The van der Waals surface area contributed by atoms with Crippen LogP contribution in [-0.4, -0.2) is 16.1 Å². The Bertz CT molecular complexity index is 1270. The van der Waals surface area contributed by atoms with Crippen LogP contribution in [0.15, 0.2) is 64.1 Å². The first-order valence-electron chi connectivity index (χ1n) is 9.59. The van der Waals surface area contributed by atoms with Gasteiger partial charge in [-0.2, -0.15) is 5.10 Å². The fraction of sp³-hybridized carbons (Fsp3) is 0.130. The van der Waals surface area contributed by atoms with Gasteiger partial charge in [0, 0.05) is 17.7 Å². The number of aromatic nitrogens is 1. The molecule has 2 aromatic heterocycles. The fourth-order valence-corrected chi connectivity index (χ4v) is 4.17. The van der Waals surface area contributed by atoms with Gasteiger partial charge in [-0.05, 0) is 56.2 Å². The van der Waals surface area contributed by atoms with E-state index in [2.05, 4.69) is 16.6 Å². The maximum atomic E-state index is 11.0. The van der Waals surface area contributed by atoms with Crippen LogP contribution in [0.5, 0.6) is 0 Å². The number of hydrogen-bond acceptors (Lipinski definition) is 7. The van der Waals surface area contributed by atoms with Crippen LogP contribution in [0.3, 0.4) is 0 Å². The van der Waals surface area contributed by atoms with E-state index in [1.807, 2.05) is 45.0 Å². The molecule has 0 saturated carbocycles. The average Bonchev–Trinajstić information content (AvgIpc) is 3.34. The highest BCUT2D eigenvalue weighted by Gasteiger charge is 2.17. The summed E-state index contributed by atoms with van der Waals surface area (Å²) in [4.78, 5) is 16.3. The predicted molar refractivity (Wildman–Crippen MR) is 124 cm³/mol. The topological polar surface area (TPSA) is 93.6 Å². The highest BCUT2D eigenvalue weighted by Crippen LogP contribution is 2.40. The number of nitro groups is 1. The second-order valence-corrected chi connectivity index (χ2v) is 8.14. The molecule has 0 unspecified atom stereocenters. The lowest BCUT2D eigenvalue weighted by molar-refractivity contribution is -0.384. The van der Waals surface area contributed by atoms with Crippen LogP contribution in [-0.2, 0) is 0 Å². The molecule has 156 valence electrons. The zero-order valence-corrected chi connectivity index (χ0v) is 18.1. The molecule has 0 bridgehead atoms. The second kappa shape index (κ2) is 8.53. The molecule has 8 heteroatoms. The van der Waals surface area contributed by atoms with Crippen molar-refractivity contribution in [3.63, 3.8) is 0 Å². The molecule has 0 spiro atoms. The van der Waals surface area contributed by atoms with E-state index in [4.69, 9.17) is 9.40 Å². The van der Waals surface area contributed by atoms with E-state index in [1.165, 1.54) is 29.0 Å². The number of non-ortho nitro benzene ring substituents is 1. The normalized spacial score (nSPS) is 11.2. The Labute approximate surface area is 183 Å². The molecule has 0 radical (unpaired) electrons. The van der Waals surface area contributed by atoms with Gasteiger partial charge in [0.2, 0.25) is 5.13 Å². The van der Waals surface area contributed by atoms with E-state index in [1.54, 1.807) is 18.3 Å². The lowest BCUT2D eigenvalue weighted by Gasteiger charge is -2.07. The number of hydrazone groups is 1. The van der Waals surface area contributed by atoms with E-state index >= 15 is 0 Å². The summed E-state index contributed by atoms with van der Waals surface area (Å²) in [5, 5.41) is 15.9. The minimum absolute atomic E-state index is 0.0537. The van der Waals surface area contributed by atoms with Crippen LogP contribution in [0.2, 0.25) is 0 Å². The lowest BCUT2D eigenvalue weighted by atomic mass is 10.0. The number of anilines is 1. The maximum Gasteiger partial charge on any atom is 0.269 e. The quantitative estimate of drug-likeness (QED) is 0.218. The molecule has 0 aliphatic heterocycles. The summed E-state index contributed by atoms with van der Waals surface area (Å²) < 4.78 is 5.49. The number of nitrogens with one attached hydrogen (secondary N) is 1. The molecule has 4 aromatic rings. The van der Waals surface area contributed by atoms with Crippen LogP contribution < -0.4 is 5.43 Å². The highest BCUT2D eigenvalue weighted by atomic mass is 32.1. The summed E-state index contributed by atoms with van der Waals surface area (Å²) >= 11 is 1.44. The Kier molecular flexibility index (Phi) is 5.64. The molecule has 2 aromatic carbocycles. The van der Waals surface area contributed by atoms with Crippen molar-refractivity contribution in [3.8, 4) is 21.7 Å². The fourth-order valence-electron chi connectivity index (χ4n) is 3.23. The number of thiazole rings is 1. The molecular weight excluding hydrogens is 412 g/mol. The second-order valence-electron chi connectivity index (χ2n) is 7.14. The zero-order valence-electron chi connectivity index (χ0n) is 17.2. The summed E-state index contributed by atoms with van der Waals surface area (Å²) in [7, 11) is 0. The van der Waals surface area contributed by atoms with Crippen molar-refractivity contribution in [2.75, 3.05) is 5.43 Å². The molecule has 0 amide bonds. The van der Waals surface area contributed by atoms with Crippen LogP contribution in [0.1, 0.15) is 22.6 Å². The number of furan rings is 1. The van der Waals surface area contributed by atoms with Crippen molar-refractivity contribution in [1.29, 1.82) is 0 Å². The third-order valence-corrected chi connectivity index (χ3v) is 5.73.